The van der Waals surface area contributed by atoms with Crippen molar-refractivity contribution >= 4 is 11.6 Å². The third kappa shape index (κ3) is 3.47. The molecule has 2 rings (SSSR count). The van der Waals surface area contributed by atoms with Crippen LogP contribution in [0.1, 0.15) is 43.0 Å². The van der Waals surface area contributed by atoms with E-state index in [0.29, 0.717) is 23.6 Å². The molecule has 0 spiro atoms. The molecule has 3 N–H and O–H groups in total. The molecule has 1 atom stereocenters. The van der Waals surface area contributed by atoms with Gasteiger partial charge in [-0.25, -0.2) is 0 Å². The highest BCUT2D eigenvalue weighted by molar-refractivity contribution is 6.02. The van der Waals surface area contributed by atoms with Crippen molar-refractivity contribution in [3.05, 3.63) is 23.8 Å². The van der Waals surface area contributed by atoms with E-state index in [2.05, 4.69) is 0 Å². The average Bonchev–Trinajstić information content (AvgIpc) is 2.93. The van der Waals surface area contributed by atoms with Crippen LogP contribution in [0.25, 0.3) is 0 Å². The maximum atomic E-state index is 12.8. The van der Waals surface area contributed by atoms with Crippen molar-refractivity contribution in [2.24, 2.45) is 0 Å². The fourth-order valence-electron chi connectivity index (χ4n) is 2.93. The predicted octanol–water partition coefficient (Wildman–Crippen LogP) is 2.04. The van der Waals surface area contributed by atoms with Crippen LogP contribution in [0.2, 0.25) is 0 Å². The summed E-state index contributed by atoms with van der Waals surface area (Å²) >= 11 is 0. The smallest absolute Gasteiger partial charge is 0.259 e. The van der Waals surface area contributed by atoms with Crippen LogP contribution < -0.4 is 10.5 Å². The molecule has 1 amide bonds. The summed E-state index contributed by atoms with van der Waals surface area (Å²) in [4.78, 5) is 14.7. The first-order chi connectivity index (χ1) is 10.2. The van der Waals surface area contributed by atoms with Gasteiger partial charge in [0, 0.05) is 24.9 Å². The minimum absolute atomic E-state index is 0.0583. The predicted molar refractivity (Wildman–Crippen MR) is 82.4 cm³/mol. The molecule has 1 unspecified atom stereocenters. The molecule has 116 valence electrons. The van der Waals surface area contributed by atoms with Gasteiger partial charge in [-0.1, -0.05) is 6.07 Å². The number of hydrogen-bond donors (Lipinski definition) is 2. The zero-order valence-corrected chi connectivity index (χ0v) is 12.5. The van der Waals surface area contributed by atoms with Crippen molar-refractivity contribution in [2.75, 3.05) is 25.5 Å². The maximum absolute atomic E-state index is 12.8. The second-order valence-electron chi connectivity index (χ2n) is 5.31. The van der Waals surface area contributed by atoms with Crippen LogP contribution in [0.4, 0.5) is 5.69 Å². The first-order valence-corrected chi connectivity index (χ1v) is 7.62. The van der Waals surface area contributed by atoms with Crippen LogP contribution in [-0.2, 0) is 0 Å². The van der Waals surface area contributed by atoms with Crippen molar-refractivity contribution in [1.82, 2.24) is 4.90 Å². The van der Waals surface area contributed by atoms with E-state index >= 15 is 0 Å². The number of ether oxygens (including phenoxy) is 1. The molecule has 1 aromatic rings. The third-order valence-electron chi connectivity index (χ3n) is 3.91. The monoisotopic (exact) mass is 292 g/mol. The molecule has 5 nitrogen and oxygen atoms in total. The summed E-state index contributed by atoms with van der Waals surface area (Å²) in [7, 11) is 0. The summed E-state index contributed by atoms with van der Waals surface area (Å²) in [5.41, 5.74) is 6.92. The molecule has 1 heterocycles. The van der Waals surface area contributed by atoms with Gasteiger partial charge >= 0.3 is 0 Å². The number of amides is 1. The molecular weight excluding hydrogens is 268 g/mol. The Bertz CT molecular complexity index is 490. The highest BCUT2D eigenvalue weighted by Gasteiger charge is 2.31. The number of nitrogens with zero attached hydrogens (tertiary/aromatic N) is 1. The molecule has 1 aromatic carbocycles. The Morgan fingerprint density at radius 3 is 3.05 bits per heavy atom. The number of nitrogens with two attached hydrogens (primary N) is 1. The van der Waals surface area contributed by atoms with E-state index in [1.54, 1.807) is 18.2 Å². The number of carbonyl (C=O) groups excluding carboxylic acids is 1. The first-order valence-electron chi connectivity index (χ1n) is 7.62. The lowest BCUT2D eigenvalue weighted by atomic mass is 10.1. The zero-order chi connectivity index (χ0) is 15.2. The molecule has 21 heavy (non-hydrogen) atoms. The molecule has 0 aromatic heterocycles. The van der Waals surface area contributed by atoms with Gasteiger partial charge in [0.05, 0.1) is 6.61 Å². The lowest BCUT2D eigenvalue weighted by Gasteiger charge is -2.26. The highest BCUT2D eigenvalue weighted by atomic mass is 16.5. The molecular formula is C16H24N2O3. The highest BCUT2D eigenvalue weighted by Crippen LogP contribution is 2.30. The molecule has 1 aliphatic rings. The van der Waals surface area contributed by atoms with Gasteiger partial charge < -0.3 is 20.5 Å². The zero-order valence-electron chi connectivity index (χ0n) is 12.5. The SMILES string of the molecule is CCOc1cccc(N)c1C(=O)N1CCCC1CCCO. The second kappa shape index (κ2) is 7.31. The van der Waals surface area contributed by atoms with Crippen molar-refractivity contribution in [1.29, 1.82) is 0 Å². The summed E-state index contributed by atoms with van der Waals surface area (Å²) in [5.74, 6) is 0.493. The summed E-state index contributed by atoms with van der Waals surface area (Å²) < 4.78 is 5.55. The fourth-order valence-corrected chi connectivity index (χ4v) is 2.93. The van der Waals surface area contributed by atoms with E-state index in [0.717, 1.165) is 32.2 Å². The summed E-state index contributed by atoms with van der Waals surface area (Å²) in [6, 6.07) is 5.50. The number of hydrogen-bond acceptors (Lipinski definition) is 4. The number of rotatable bonds is 6. The molecule has 0 bridgehead atoms. The number of nitrogen functional groups attached to an aromatic ring is 1. The number of likely N-dealkylation sites (tertiary alicyclic amines) is 1. The lowest BCUT2D eigenvalue weighted by molar-refractivity contribution is 0.0721. The van der Waals surface area contributed by atoms with Crippen molar-refractivity contribution < 1.29 is 14.6 Å². The average molecular weight is 292 g/mol. The first kappa shape index (κ1) is 15.6. The minimum Gasteiger partial charge on any atom is -0.493 e. The van der Waals surface area contributed by atoms with Gasteiger partial charge in [0.1, 0.15) is 11.3 Å². The molecule has 5 heteroatoms. The van der Waals surface area contributed by atoms with Gasteiger partial charge in [-0.3, -0.25) is 4.79 Å². The normalized spacial score (nSPS) is 18.0. The number of carbonyl (C=O) groups is 1. The third-order valence-corrected chi connectivity index (χ3v) is 3.91. The van der Waals surface area contributed by atoms with Gasteiger partial charge in [-0.2, -0.15) is 0 Å². The van der Waals surface area contributed by atoms with Gasteiger partial charge in [-0.15, -0.1) is 0 Å². The lowest BCUT2D eigenvalue weighted by Crippen LogP contribution is -2.36. The van der Waals surface area contributed by atoms with E-state index < -0.39 is 0 Å². The molecule has 0 saturated carbocycles. The molecule has 1 fully saturated rings. The summed E-state index contributed by atoms with van der Waals surface area (Å²) in [5, 5.41) is 8.98. The van der Waals surface area contributed by atoms with E-state index in [4.69, 9.17) is 15.6 Å². The number of benzene rings is 1. The molecule has 0 radical (unpaired) electrons. The summed E-state index contributed by atoms with van der Waals surface area (Å²) in [6.45, 7) is 3.29. The maximum Gasteiger partial charge on any atom is 0.259 e. The van der Waals surface area contributed by atoms with Crippen molar-refractivity contribution in [2.45, 2.75) is 38.6 Å². The van der Waals surface area contributed by atoms with E-state index in [-0.39, 0.29) is 18.6 Å². The van der Waals surface area contributed by atoms with Crippen LogP contribution in [0.15, 0.2) is 18.2 Å². The number of aliphatic hydroxyl groups is 1. The van der Waals surface area contributed by atoms with E-state index in [1.807, 2.05) is 11.8 Å². The summed E-state index contributed by atoms with van der Waals surface area (Å²) in [6.07, 6.45) is 3.54. The molecule has 1 saturated heterocycles. The van der Waals surface area contributed by atoms with Gasteiger partial charge in [0.25, 0.3) is 5.91 Å². The van der Waals surface area contributed by atoms with Crippen LogP contribution in [0, 0.1) is 0 Å². The van der Waals surface area contributed by atoms with Crippen LogP contribution in [0.3, 0.4) is 0 Å². The van der Waals surface area contributed by atoms with E-state index in [9.17, 15) is 4.79 Å². The van der Waals surface area contributed by atoms with Crippen molar-refractivity contribution in [3.8, 4) is 5.75 Å². The van der Waals surface area contributed by atoms with Crippen LogP contribution >= 0.6 is 0 Å². The Hall–Kier alpha value is -1.75. The van der Waals surface area contributed by atoms with Crippen LogP contribution in [-0.4, -0.2) is 41.7 Å². The Labute approximate surface area is 125 Å². The quantitative estimate of drug-likeness (QED) is 0.787. The number of aliphatic hydroxyl groups excluding tert-OH is 1. The Morgan fingerprint density at radius 2 is 2.33 bits per heavy atom. The largest absolute Gasteiger partial charge is 0.493 e. The van der Waals surface area contributed by atoms with E-state index in [1.165, 1.54) is 0 Å². The van der Waals surface area contributed by atoms with Gasteiger partial charge in [-0.05, 0) is 44.7 Å². The minimum atomic E-state index is -0.0583. The Morgan fingerprint density at radius 1 is 1.52 bits per heavy atom. The standard InChI is InChI=1S/C16H24N2O3/c1-2-21-14-9-3-8-13(17)15(14)16(20)18-10-4-6-12(18)7-5-11-19/h3,8-9,12,19H,2,4-7,10-11,17H2,1H3. The van der Waals surface area contributed by atoms with Crippen LogP contribution in [0.5, 0.6) is 5.75 Å². The Kier molecular flexibility index (Phi) is 5.44. The molecule has 1 aliphatic heterocycles. The van der Waals surface area contributed by atoms with Crippen molar-refractivity contribution in [3.63, 3.8) is 0 Å². The fraction of sp³-hybridized carbons (Fsp3) is 0.562. The van der Waals surface area contributed by atoms with Gasteiger partial charge in [0.15, 0.2) is 0 Å². The van der Waals surface area contributed by atoms with Gasteiger partial charge in [0.2, 0.25) is 0 Å². The molecule has 0 aliphatic carbocycles. The topological polar surface area (TPSA) is 75.8 Å². The second-order valence-corrected chi connectivity index (χ2v) is 5.31. The number of anilines is 1. The Balaban J connectivity index is 2.22.